The highest BCUT2D eigenvalue weighted by Crippen LogP contribution is 2.29. The smallest absolute Gasteiger partial charge is 0.329 e. The number of nitrogens with one attached hydrogen (secondary N) is 6. The number of cyclic esters (lactones) is 2. The lowest BCUT2D eigenvalue weighted by Gasteiger charge is -2.37. The van der Waals surface area contributed by atoms with Crippen LogP contribution in [0.25, 0.3) is 0 Å². The van der Waals surface area contributed by atoms with Crippen LogP contribution >= 0.6 is 0 Å². The van der Waals surface area contributed by atoms with E-state index in [0.29, 0.717) is 24.2 Å². The summed E-state index contributed by atoms with van der Waals surface area (Å²) >= 11 is 0. The van der Waals surface area contributed by atoms with Gasteiger partial charge in [-0.3, -0.25) is 67.1 Å². The summed E-state index contributed by atoms with van der Waals surface area (Å²) in [6.45, 7) is 19.9. The second-order valence-corrected chi connectivity index (χ2v) is 29.6. The summed E-state index contributed by atoms with van der Waals surface area (Å²) < 4.78 is 23.2. The highest BCUT2D eigenvalue weighted by Gasteiger charge is 2.47. The molecule has 0 spiro atoms. The van der Waals surface area contributed by atoms with Gasteiger partial charge in [0.05, 0.1) is 19.4 Å². The van der Waals surface area contributed by atoms with Crippen molar-refractivity contribution in [3.8, 4) is 5.75 Å². The maximum atomic E-state index is 15.4. The first kappa shape index (κ1) is 86.4. The standard InChI is InChI=1S/C73H112N12O20/c1-16-40(8)59-41(9)35-58(89)105-62(39(6)7)61(90)42(10)63(91)79-50(33-37(2)3)69(97)85-32-18-20-52(85)71(99)83(14)54(36-45-21-23-46(102-15)24-22-45)73(101)103-43(11)60(67(95)80-59)81-66(94)53(34-38(4)5)82(13)70(98)51-19-17-31-84(51)68(96)44(12)104-72(100)49(26-29-56(75)87)78-65(93)48(25-28-55(74)86)77-64(92)47-27-30-57(88)76-47/h21-24,37-44,47-54,59-60,62H,16-20,25-36H2,1-15H3,(H2,74,86)(H2,75,87)(H,76,88)(H,77,92)(H,78,93)(H,79,91)(H,80,95)(H,81,94). The fourth-order valence-electron chi connectivity index (χ4n) is 13.6. The molecule has 4 heterocycles. The zero-order chi connectivity index (χ0) is 78.6. The van der Waals surface area contributed by atoms with Crippen molar-refractivity contribution in [1.29, 1.82) is 0 Å². The van der Waals surface area contributed by atoms with Crippen LogP contribution < -0.4 is 48.1 Å². The molecule has 4 aliphatic rings. The summed E-state index contributed by atoms with van der Waals surface area (Å²) in [5, 5.41) is 15.9. The van der Waals surface area contributed by atoms with E-state index >= 15 is 24.0 Å². The van der Waals surface area contributed by atoms with Gasteiger partial charge >= 0.3 is 17.9 Å². The van der Waals surface area contributed by atoms with Crippen LogP contribution in [-0.4, -0.2) is 227 Å². The van der Waals surface area contributed by atoms with Crippen LogP contribution in [0, 0.1) is 35.5 Å². The van der Waals surface area contributed by atoms with E-state index in [-0.39, 0.29) is 95.6 Å². The van der Waals surface area contributed by atoms with Crippen molar-refractivity contribution in [3.63, 3.8) is 0 Å². The number of Topliss-reactive ketones (excluding diaryl/α,β-unsaturated/α-hetero) is 1. The minimum atomic E-state index is -1.79. The summed E-state index contributed by atoms with van der Waals surface area (Å²) in [7, 11) is 4.19. The molecule has 4 aliphatic heterocycles. The third kappa shape index (κ3) is 24.1. The van der Waals surface area contributed by atoms with Gasteiger partial charge < -0.3 is 81.9 Å². The molecule has 10 N–H and O–H groups in total. The Balaban J connectivity index is 1.52. The largest absolute Gasteiger partial charge is 0.497 e. The number of carbonyl (C=O) groups excluding carboxylic acids is 16. The van der Waals surface area contributed by atoms with E-state index in [0.717, 1.165) is 4.90 Å². The van der Waals surface area contributed by atoms with Gasteiger partial charge in [0.25, 0.3) is 5.91 Å². The maximum Gasteiger partial charge on any atom is 0.329 e. The van der Waals surface area contributed by atoms with Crippen molar-refractivity contribution in [2.24, 2.45) is 47.0 Å². The molecule has 12 amide bonds. The van der Waals surface area contributed by atoms with Crippen LogP contribution in [0.3, 0.4) is 0 Å². The van der Waals surface area contributed by atoms with Crippen LogP contribution in [0.15, 0.2) is 24.3 Å². The van der Waals surface area contributed by atoms with E-state index in [9.17, 15) is 52.7 Å². The topological polar surface area (TPSA) is 447 Å². The summed E-state index contributed by atoms with van der Waals surface area (Å²) in [6.07, 6.45) is -5.27. The monoisotopic (exact) mass is 1480 g/mol. The third-order valence-electron chi connectivity index (χ3n) is 20.0. The molecule has 16 unspecified atom stereocenters. The van der Waals surface area contributed by atoms with E-state index in [1.165, 1.54) is 56.7 Å². The first-order valence-electron chi connectivity index (χ1n) is 36.6. The molecule has 32 nitrogen and oxygen atoms in total. The zero-order valence-corrected chi connectivity index (χ0v) is 63.4. The van der Waals surface area contributed by atoms with Gasteiger partial charge in [-0.2, -0.15) is 0 Å². The highest BCUT2D eigenvalue weighted by molar-refractivity contribution is 6.05. The van der Waals surface area contributed by atoms with Crippen LogP contribution in [0.1, 0.15) is 179 Å². The molecule has 0 aliphatic carbocycles. The van der Waals surface area contributed by atoms with Crippen LogP contribution in [-0.2, 0) is 97.3 Å². The molecule has 0 aromatic heterocycles. The van der Waals surface area contributed by atoms with Crippen molar-refractivity contribution in [2.75, 3.05) is 34.3 Å². The van der Waals surface area contributed by atoms with Gasteiger partial charge in [0.15, 0.2) is 18.0 Å². The van der Waals surface area contributed by atoms with E-state index in [2.05, 4.69) is 31.9 Å². The second kappa shape index (κ2) is 39.7. The van der Waals surface area contributed by atoms with E-state index in [1.54, 1.807) is 58.9 Å². The number of methoxy groups -OCH3 is 1. The first-order valence-corrected chi connectivity index (χ1v) is 36.6. The molecule has 5 rings (SSSR count). The number of nitrogens with two attached hydrogens (primary N) is 2. The predicted molar refractivity (Wildman–Crippen MR) is 379 cm³/mol. The number of esters is 3. The van der Waals surface area contributed by atoms with Crippen molar-refractivity contribution in [2.45, 2.75) is 258 Å². The number of nitrogens with zero attached hydrogens (tertiary/aromatic N) is 4. The van der Waals surface area contributed by atoms with Gasteiger partial charge in [-0.25, -0.2) is 9.59 Å². The fraction of sp³-hybridized carbons (Fsp3) is 0.699. The minimum Gasteiger partial charge on any atom is -0.497 e. The lowest BCUT2D eigenvalue weighted by atomic mass is 9.86. The number of hydrogen-bond donors (Lipinski definition) is 8. The first-order chi connectivity index (χ1) is 49.3. The van der Waals surface area contributed by atoms with Crippen LogP contribution in [0.2, 0.25) is 0 Å². The predicted octanol–water partition coefficient (Wildman–Crippen LogP) is 0.922. The Hall–Kier alpha value is -9.26. The summed E-state index contributed by atoms with van der Waals surface area (Å²) in [4.78, 5) is 230. The number of ether oxygens (including phenoxy) is 4. The second-order valence-electron chi connectivity index (χ2n) is 29.6. The Bertz CT molecular complexity index is 3330. The van der Waals surface area contributed by atoms with Gasteiger partial charge in [-0.15, -0.1) is 0 Å². The molecule has 0 radical (unpaired) electrons. The number of primary amides is 2. The van der Waals surface area contributed by atoms with Gasteiger partial charge in [-0.1, -0.05) is 80.9 Å². The average molecular weight is 1480 g/mol. The quantitative estimate of drug-likeness (QED) is 0.0345. The maximum absolute atomic E-state index is 15.4. The summed E-state index contributed by atoms with van der Waals surface area (Å²) in [6, 6.07) is -6.61. The van der Waals surface area contributed by atoms with Crippen molar-refractivity contribution >= 4 is 94.6 Å². The number of fused-ring (bicyclic) bond motifs is 1. The highest BCUT2D eigenvalue weighted by atomic mass is 16.6. The molecule has 0 bridgehead atoms. The molecular formula is C73H112N12O20. The van der Waals surface area contributed by atoms with Gasteiger partial charge in [0.1, 0.15) is 66.2 Å². The number of rotatable bonds is 27. The molecule has 1 aromatic rings. The van der Waals surface area contributed by atoms with E-state index < -0.39 is 210 Å². The molecular weight excluding hydrogens is 1360 g/mol. The summed E-state index contributed by atoms with van der Waals surface area (Å²) in [5.74, 6) is -16.3. The number of amides is 12. The number of carbonyl (C=O) groups is 16. The molecule has 16 atom stereocenters. The number of likely N-dealkylation sites (tertiary alicyclic amines) is 1. The molecule has 4 fully saturated rings. The van der Waals surface area contributed by atoms with E-state index in [4.69, 9.17) is 30.4 Å². The van der Waals surface area contributed by atoms with Crippen molar-refractivity contribution in [1.82, 2.24) is 51.5 Å². The number of hydrogen-bond acceptors (Lipinski definition) is 20. The van der Waals surface area contributed by atoms with Gasteiger partial charge in [0, 0.05) is 58.9 Å². The summed E-state index contributed by atoms with van der Waals surface area (Å²) in [5.41, 5.74) is 11.3. The Labute approximate surface area is 614 Å². The van der Waals surface area contributed by atoms with Crippen molar-refractivity contribution < 1.29 is 95.7 Å². The Morgan fingerprint density at radius 1 is 0.743 bits per heavy atom. The molecule has 1 aromatic carbocycles. The molecule has 4 saturated heterocycles. The fourth-order valence-corrected chi connectivity index (χ4v) is 13.6. The minimum absolute atomic E-state index is 0.0284. The Morgan fingerprint density at radius 2 is 1.37 bits per heavy atom. The normalized spacial score (nSPS) is 25.5. The van der Waals surface area contributed by atoms with E-state index in [1.807, 2.05) is 27.7 Å². The number of ketones is 1. The zero-order valence-electron chi connectivity index (χ0n) is 63.4. The number of likely N-dealkylation sites (N-methyl/N-ethyl adjacent to an activating group) is 2. The SMILES string of the molecule is CCC(C)C1NC(=O)C(NC(=O)C(CC(C)C)N(C)C(=O)C2CCCN2C(=O)C(C)OC(=O)C(CCC(N)=O)NC(=O)C(CCC(N)=O)NC(=O)C2CCC(=O)N2)C(C)OC(=O)C(Cc2ccc(OC)cc2)N(C)C(=O)C2CCCN2C(=O)C(CC(C)C)NC(=O)C(C)C(=O)C(C(C)C)OC(=O)CC1C. The Morgan fingerprint density at radius 3 is 1.94 bits per heavy atom. The lowest BCUT2D eigenvalue weighted by molar-refractivity contribution is -0.163. The molecule has 105 heavy (non-hydrogen) atoms. The number of benzene rings is 1. The molecule has 584 valence electrons. The Kier molecular flexibility index (Phi) is 32.7. The van der Waals surface area contributed by atoms with Crippen LogP contribution in [0.5, 0.6) is 5.75 Å². The van der Waals surface area contributed by atoms with Crippen molar-refractivity contribution in [3.05, 3.63) is 29.8 Å². The van der Waals surface area contributed by atoms with Crippen LogP contribution in [0.4, 0.5) is 0 Å². The lowest BCUT2D eigenvalue weighted by Crippen LogP contribution is -2.62. The van der Waals surface area contributed by atoms with Gasteiger partial charge in [0.2, 0.25) is 65.0 Å². The van der Waals surface area contributed by atoms with Gasteiger partial charge in [-0.05, 0) is 126 Å². The molecule has 0 saturated carbocycles. The third-order valence-corrected chi connectivity index (χ3v) is 20.0. The molecule has 32 heteroatoms. The average Bonchev–Trinajstić information content (AvgIpc) is 1.74.